The highest BCUT2D eigenvalue weighted by Crippen LogP contribution is 2.30. The van der Waals surface area contributed by atoms with Crippen LogP contribution in [0.5, 0.6) is 0 Å². The van der Waals surface area contributed by atoms with Crippen LogP contribution < -0.4 is 16.1 Å². The minimum absolute atomic E-state index is 0.00202. The number of likely N-dealkylation sites (tertiary alicyclic amines) is 1. The van der Waals surface area contributed by atoms with E-state index >= 15 is 0 Å². The standard InChI is InChI=1S/C51H86N8O9.C2H2/c1-16-34(6)47(57(13)51(66)44(32(2)3)53-50(65)46(33(4)5)56(11)12)41(67-14)30-43(63)59-29-23-26-40(59)48(68-15)36(8)49(64)52-31-35(7)45(39-24-19-17-20-25-39)55-54-42(62)27-21-18-22-28-58(37(9)60)38(10)61;1-2/h17,19-20,24-25,32-36,40-41,44,46-48H,16,18,21-23,26-31H2,1-15H3,(H,52,64)(H,53,65)(H,54,62);1-2H/b55-45-;/t34?,35?,36?,40?,41?,44-,46?,47?,48?;/m0./s1. The van der Waals surface area contributed by atoms with Crippen LogP contribution in [0.3, 0.4) is 0 Å². The van der Waals surface area contributed by atoms with Crippen LogP contribution in [0.4, 0.5) is 0 Å². The van der Waals surface area contributed by atoms with Crippen LogP contribution in [0, 0.1) is 42.4 Å². The Morgan fingerprint density at radius 2 is 1.46 bits per heavy atom. The predicted octanol–water partition coefficient (Wildman–Crippen LogP) is 5.11. The fraction of sp³-hybridized carbons (Fsp3) is 0.698. The van der Waals surface area contributed by atoms with E-state index in [0.29, 0.717) is 44.5 Å². The van der Waals surface area contributed by atoms with Crippen molar-refractivity contribution in [2.24, 2.45) is 34.7 Å². The largest absolute Gasteiger partial charge is 0.379 e. The molecule has 0 bridgehead atoms. The third kappa shape index (κ3) is 18.9. The zero-order chi connectivity index (χ0) is 53.4. The predicted molar refractivity (Wildman–Crippen MR) is 275 cm³/mol. The van der Waals surface area contributed by atoms with Crippen LogP contribution in [0.2, 0.25) is 0 Å². The first kappa shape index (κ1) is 62.8. The summed E-state index contributed by atoms with van der Waals surface area (Å²) in [5, 5.41) is 10.6. The molecule has 17 nitrogen and oxygen atoms in total. The van der Waals surface area contributed by atoms with Gasteiger partial charge in [0, 0.05) is 67.1 Å². The molecular weight excluding hydrogens is 893 g/mol. The highest BCUT2D eigenvalue weighted by Gasteiger charge is 2.43. The van der Waals surface area contributed by atoms with E-state index in [1.807, 2.05) is 97.8 Å². The monoisotopic (exact) mass is 981 g/mol. The van der Waals surface area contributed by atoms with Crippen molar-refractivity contribution in [3.63, 3.8) is 0 Å². The molecule has 1 aromatic carbocycles. The molecule has 0 aliphatic carbocycles. The van der Waals surface area contributed by atoms with Crippen molar-refractivity contribution in [1.29, 1.82) is 0 Å². The molecule has 8 unspecified atom stereocenters. The van der Waals surface area contributed by atoms with Gasteiger partial charge >= 0.3 is 0 Å². The average Bonchev–Trinajstić information content (AvgIpc) is 3.80. The topological polar surface area (TPSA) is 199 Å². The Morgan fingerprint density at radius 3 is 1.97 bits per heavy atom. The number of benzene rings is 1. The molecule has 0 spiro atoms. The van der Waals surface area contributed by atoms with Crippen LogP contribution >= 0.6 is 0 Å². The summed E-state index contributed by atoms with van der Waals surface area (Å²) in [5.74, 6) is -2.91. The van der Waals surface area contributed by atoms with Crippen molar-refractivity contribution in [2.45, 2.75) is 157 Å². The number of unbranched alkanes of at least 4 members (excludes halogenated alkanes) is 2. The summed E-state index contributed by atoms with van der Waals surface area (Å²) in [4.78, 5) is 98.8. The van der Waals surface area contributed by atoms with Crippen molar-refractivity contribution in [1.82, 2.24) is 35.7 Å². The second kappa shape index (κ2) is 31.9. The number of amides is 7. The van der Waals surface area contributed by atoms with Gasteiger partial charge in [-0.05, 0) is 63.1 Å². The highest BCUT2D eigenvalue weighted by atomic mass is 16.5. The molecule has 7 amide bonds. The summed E-state index contributed by atoms with van der Waals surface area (Å²) in [6.45, 7) is 19.3. The number of imide groups is 1. The van der Waals surface area contributed by atoms with E-state index in [-0.39, 0.29) is 90.5 Å². The lowest BCUT2D eigenvalue weighted by Gasteiger charge is -2.41. The summed E-state index contributed by atoms with van der Waals surface area (Å²) >= 11 is 0. The molecular formula is C53H88N8O9. The maximum Gasteiger partial charge on any atom is 0.245 e. The number of rotatable bonds is 28. The van der Waals surface area contributed by atoms with Crippen molar-refractivity contribution in [2.75, 3.05) is 55.0 Å². The Balaban J connectivity index is 0.0000121. The lowest BCUT2D eigenvalue weighted by atomic mass is 9.89. The number of nitrogens with zero attached hydrogens (tertiary/aromatic N) is 5. The first-order valence-corrected chi connectivity index (χ1v) is 24.9. The van der Waals surface area contributed by atoms with E-state index < -0.39 is 36.3 Å². The Kier molecular flexibility index (Phi) is 28.7. The maximum atomic E-state index is 14.4. The SMILES string of the molecule is C#C.CCC(C)C(C(CC(=O)N1CCCC1C(OC)C(C)C(=O)NCC(C)/C(=N/NC(=O)CCCCCN(C(C)=O)C(C)=O)c1ccccc1)OC)N(C)C(=O)[C@@H](NC(=O)C(C(C)C)N(C)C)C(C)C. The van der Waals surface area contributed by atoms with E-state index in [1.54, 1.807) is 38.0 Å². The molecule has 0 aromatic heterocycles. The van der Waals surface area contributed by atoms with Gasteiger partial charge in [-0.2, -0.15) is 5.10 Å². The Labute approximate surface area is 419 Å². The van der Waals surface area contributed by atoms with E-state index in [1.165, 1.54) is 18.7 Å². The van der Waals surface area contributed by atoms with E-state index in [4.69, 9.17) is 9.47 Å². The molecule has 1 aliphatic rings. The number of hydrogen-bond acceptors (Lipinski definition) is 11. The minimum Gasteiger partial charge on any atom is -0.379 e. The van der Waals surface area contributed by atoms with Gasteiger partial charge < -0.3 is 29.9 Å². The third-order valence-corrected chi connectivity index (χ3v) is 13.4. The number of likely N-dealkylation sites (N-methyl/N-ethyl adjacent to an activating group) is 2. The highest BCUT2D eigenvalue weighted by molar-refractivity contribution is 6.03. The van der Waals surface area contributed by atoms with Gasteiger partial charge in [0.15, 0.2) is 0 Å². The molecule has 2 rings (SSSR count). The molecule has 0 saturated carbocycles. The number of ether oxygens (including phenoxy) is 2. The molecule has 3 N–H and O–H groups in total. The van der Waals surface area contributed by atoms with Crippen molar-refractivity contribution >= 4 is 47.1 Å². The summed E-state index contributed by atoms with van der Waals surface area (Å²) in [5.41, 5.74) is 4.05. The molecule has 394 valence electrons. The van der Waals surface area contributed by atoms with Gasteiger partial charge in [-0.1, -0.05) is 98.6 Å². The average molecular weight is 981 g/mol. The zero-order valence-corrected chi connectivity index (χ0v) is 45.1. The smallest absolute Gasteiger partial charge is 0.245 e. The van der Waals surface area contributed by atoms with E-state index in [9.17, 15) is 33.6 Å². The normalized spacial score (nSPS) is 17.2. The number of methoxy groups -OCH3 is 2. The lowest BCUT2D eigenvalue weighted by Crippen LogP contribution is -2.59. The van der Waals surface area contributed by atoms with Crippen LogP contribution in [0.25, 0.3) is 0 Å². The van der Waals surface area contributed by atoms with Crippen molar-refractivity contribution in [3.8, 4) is 12.8 Å². The van der Waals surface area contributed by atoms with Crippen LogP contribution in [-0.4, -0.2) is 158 Å². The summed E-state index contributed by atoms with van der Waals surface area (Å²) in [6.07, 6.45) is 10.8. The first-order chi connectivity index (χ1) is 33.0. The quantitative estimate of drug-likeness (QED) is 0.0439. The molecule has 1 aliphatic heterocycles. The zero-order valence-electron chi connectivity index (χ0n) is 45.1. The molecule has 0 radical (unpaired) electrons. The Morgan fingerprint density at radius 1 is 0.843 bits per heavy atom. The van der Waals surface area contributed by atoms with Crippen LogP contribution in [-0.2, 0) is 43.0 Å². The Bertz CT molecular complexity index is 1850. The van der Waals surface area contributed by atoms with Crippen molar-refractivity contribution in [3.05, 3.63) is 35.9 Å². The first-order valence-electron chi connectivity index (χ1n) is 24.9. The lowest BCUT2D eigenvalue weighted by molar-refractivity contribution is -0.148. The summed E-state index contributed by atoms with van der Waals surface area (Å²) in [7, 11) is 8.54. The van der Waals surface area contributed by atoms with Gasteiger partial charge in [0.2, 0.25) is 41.4 Å². The molecule has 1 fully saturated rings. The minimum atomic E-state index is -0.784. The van der Waals surface area contributed by atoms with Crippen LogP contribution in [0.15, 0.2) is 35.4 Å². The maximum absolute atomic E-state index is 14.4. The summed E-state index contributed by atoms with van der Waals surface area (Å²) in [6, 6.07) is 7.35. The molecule has 1 saturated heterocycles. The fourth-order valence-corrected chi connectivity index (χ4v) is 9.44. The second-order valence-corrected chi connectivity index (χ2v) is 19.5. The van der Waals surface area contributed by atoms with E-state index in [2.05, 4.69) is 34.0 Å². The van der Waals surface area contributed by atoms with Gasteiger partial charge in [0.1, 0.15) is 6.04 Å². The third-order valence-electron chi connectivity index (χ3n) is 13.4. The number of hydrogen-bond donors (Lipinski definition) is 3. The molecule has 70 heavy (non-hydrogen) atoms. The summed E-state index contributed by atoms with van der Waals surface area (Å²) < 4.78 is 12.1. The number of carbonyl (C=O) groups excluding carboxylic acids is 7. The molecule has 1 aromatic rings. The van der Waals surface area contributed by atoms with Gasteiger partial charge in [-0.3, -0.25) is 43.4 Å². The van der Waals surface area contributed by atoms with Gasteiger partial charge in [-0.25, -0.2) is 5.43 Å². The molecule has 9 atom stereocenters. The van der Waals surface area contributed by atoms with Gasteiger partial charge in [-0.15, -0.1) is 12.8 Å². The number of carbonyl (C=O) groups is 7. The number of hydrazone groups is 1. The number of nitrogens with one attached hydrogen (secondary N) is 3. The van der Waals surface area contributed by atoms with Crippen molar-refractivity contribution < 1.29 is 43.0 Å². The van der Waals surface area contributed by atoms with Gasteiger partial charge in [0.05, 0.1) is 48.4 Å². The van der Waals surface area contributed by atoms with Gasteiger partial charge in [0.25, 0.3) is 0 Å². The second-order valence-electron chi connectivity index (χ2n) is 19.5. The molecule has 1 heterocycles. The molecule has 17 heteroatoms. The fourth-order valence-electron chi connectivity index (χ4n) is 9.44. The Hall–Kier alpha value is -5.18. The van der Waals surface area contributed by atoms with Crippen LogP contribution in [0.1, 0.15) is 126 Å². The number of terminal acetylenes is 1. The van der Waals surface area contributed by atoms with E-state index in [0.717, 1.165) is 18.4 Å².